The fourth-order valence-corrected chi connectivity index (χ4v) is 4.25. The highest BCUT2D eigenvalue weighted by Gasteiger charge is 2.13. The summed E-state index contributed by atoms with van der Waals surface area (Å²) < 4.78 is 2.12. The molecule has 4 rings (SSSR count). The first-order valence-electron chi connectivity index (χ1n) is 11.4. The van der Waals surface area contributed by atoms with Gasteiger partial charge in [0.15, 0.2) is 0 Å². The third-order valence-corrected chi connectivity index (χ3v) is 6.16. The minimum Gasteiger partial charge on any atom is -0.351 e. The van der Waals surface area contributed by atoms with Gasteiger partial charge in [-0.15, -0.1) is 0 Å². The van der Waals surface area contributed by atoms with Crippen LogP contribution in [0.5, 0.6) is 0 Å². The Morgan fingerprint density at radius 3 is 2.56 bits per heavy atom. The molecule has 3 aromatic rings. The van der Waals surface area contributed by atoms with Crippen molar-refractivity contribution in [1.29, 1.82) is 0 Å². The fourth-order valence-electron chi connectivity index (χ4n) is 4.25. The highest BCUT2D eigenvalue weighted by molar-refractivity contribution is 5.99. The lowest BCUT2D eigenvalue weighted by Gasteiger charge is -2.27. The van der Waals surface area contributed by atoms with Crippen molar-refractivity contribution < 1.29 is 4.79 Å². The zero-order chi connectivity index (χ0) is 22.3. The molecule has 7 heteroatoms. The summed E-state index contributed by atoms with van der Waals surface area (Å²) in [5, 5.41) is 11.1. The first kappa shape index (κ1) is 22.5. The van der Waals surface area contributed by atoms with Gasteiger partial charge in [0.1, 0.15) is 0 Å². The lowest BCUT2D eigenvalue weighted by molar-refractivity contribution is 0.0947. The average molecular weight is 435 g/mol. The molecule has 1 aromatic heterocycles. The van der Waals surface area contributed by atoms with E-state index >= 15 is 0 Å². The lowest BCUT2D eigenvalue weighted by atomic mass is 10.1. The molecule has 5 N–H and O–H groups in total. The van der Waals surface area contributed by atoms with E-state index in [2.05, 4.69) is 55.9 Å². The molecule has 7 nitrogen and oxygen atoms in total. The second kappa shape index (κ2) is 10.7. The van der Waals surface area contributed by atoms with Crippen molar-refractivity contribution in [2.24, 2.45) is 12.8 Å². The zero-order valence-corrected chi connectivity index (χ0v) is 18.9. The Morgan fingerprint density at radius 1 is 1.06 bits per heavy atom. The van der Waals surface area contributed by atoms with Gasteiger partial charge in [0.05, 0.1) is 0 Å². The third-order valence-electron chi connectivity index (χ3n) is 6.16. The number of hydrogen-bond acceptors (Lipinski definition) is 5. The Morgan fingerprint density at radius 2 is 1.81 bits per heavy atom. The monoisotopic (exact) mass is 434 g/mol. The molecule has 170 valence electrons. The predicted octanol–water partition coefficient (Wildman–Crippen LogP) is 1.56. The van der Waals surface area contributed by atoms with Crippen LogP contribution in [0.1, 0.15) is 27.0 Å². The first-order chi connectivity index (χ1) is 15.6. The molecule has 2 aromatic carbocycles. The van der Waals surface area contributed by atoms with Crippen molar-refractivity contribution in [1.82, 2.24) is 25.4 Å². The van der Waals surface area contributed by atoms with Gasteiger partial charge >= 0.3 is 0 Å². The Kier molecular flexibility index (Phi) is 7.55. The minimum absolute atomic E-state index is 0.00945. The van der Waals surface area contributed by atoms with Gasteiger partial charge in [-0.3, -0.25) is 9.69 Å². The van der Waals surface area contributed by atoms with E-state index in [9.17, 15) is 4.79 Å². The van der Waals surface area contributed by atoms with Crippen LogP contribution in [0.25, 0.3) is 10.9 Å². The maximum absolute atomic E-state index is 12.7. The number of nitrogens with zero attached hydrogens (tertiary/aromatic N) is 2. The van der Waals surface area contributed by atoms with Crippen LogP contribution >= 0.6 is 0 Å². The molecule has 0 radical (unpaired) electrons. The van der Waals surface area contributed by atoms with Gasteiger partial charge in [0.25, 0.3) is 5.91 Å². The topological polar surface area (TPSA) is 87.3 Å². The molecule has 0 atom stereocenters. The van der Waals surface area contributed by atoms with E-state index in [0.29, 0.717) is 18.7 Å². The summed E-state index contributed by atoms with van der Waals surface area (Å²) in [6.45, 7) is 7.78. The molecule has 1 saturated heterocycles. The van der Waals surface area contributed by atoms with Gasteiger partial charge in [-0.2, -0.15) is 0 Å². The number of nitrogens with two attached hydrogens (primary N) is 1. The number of aromatic nitrogens is 1. The fraction of sp³-hybridized carbons (Fsp3) is 0.400. The maximum atomic E-state index is 12.7. The number of benzene rings is 2. The summed E-state index contributed by atoms with van der Waals surface area (Å²) in [6, 6.07) is 14.3. The van der Waals surface area contributed by atoms with Gasteiger partial charge < -0.3 is 26.3 Å². The van der Waals surface area contributed by atoms with Crippen molar-refractivity contribution in [2.75, 3.05) is 39.3 Å². The summed E-state index contributed by atoms with van der Waals surface area (Å²) in [5.41, 5.74) is 11.1. The standard InChI is InChI=1S/C25H34N6O/c1-30-18-22(17-28-16-20-4-2-19(15-26)3-5-20)23-14-21(6-7-24(23)30)25(32)29-10-13-31-11-8-27-9-12-31/h2-7,14,18,27-28H,8-13,15-17,26H2,1H3,(H,29,32). The van der Waals surface area contributed by atoms with Crippen molar-refractivity contribution >= 4 is 16.8 Å². The SMILES string of the molecule is Cn1cc(CNCc2ccc(CN)cc2)c2cc(C(=O)NCCN3CCNCC3)ccc21. The maximum Gasteiger partial charge on any atom is 0.251 e. The van der Waals surface area contributed by atoms with Crippen molar-refractivity contribution in [3.8, 4) is 0 Å². The molecule has 0 aliphatic carbocycles. The Labute approximate surface area is 190 Å². The number of carbonyl (C=O) groups excluding carboxylic acids is 1. The molecular formula is C25H34N6O. The van der Waals surface area contributed by atoms with Crippen molar-refractivity contribution in [3.63, 3.8) is 0 Å². The van der Waals surface area contributed by atoms with E-state index in [1.54, 1.807) is 0 Å². The molecule has 1 aliphatic heterocycles. The van der Waals surface area contributed by atoms with Crippen molar-refractivity contribution in [3.05, 3.63) is 70.9 Å². The normalized spacial score (nSPS) is 14.7. The molecule has 0 bridgehead atoms. The first-order valence-corrected chi connectivity index (χ1v) is 11.4. The smallest absolute Gasteiger partial charge is 0.251 e. The van der Waals surface area contributed by atoms with Crippen molar-refractivity contribution in [2.45, 2.75) is 19.6 Å². The molecule has 1 fully saturated rings. The number of amides is 1. The summed E-state index contributed by atoms with van der Waals surface area (Å²) in [6.07, 6.45) is 2.14. The van der Waals surface area contributed by atoms with Gasteiger partial charge in [0, 0.05) is 88.6 Å². The molecular weight excluding hydrogens is 400 g/mol. The van der Waals surface area contributed by atoms with Gasteiger partial charge in [-0.1, -0.05) is 24.3 Å². The number of rotatable bonds is 9. The number of aryl methyl sites for hydroxylation is 1. The van der Waals surface area contributed by atoms with E-state index in [-0.39, 0.29) is 5.91 Å². The van der Waals surface area contributed by atoms with E-state index in [4.69, 9.17) is 5.73 Å². The lowest BCUT2D eigenvalue weighted by Crippen LogP contribution is -2.46. The highest BCUT2D eigenvalue weighted by Crippen LogP contribution is 2.22. The van der Waals surface area contributed by atoms with E-state index in [1.165, 1.54) is 11.1 Å². The Balaban J connectivity index is 1.36. The number of fused-ring (bicyclic) bond motifs is 1. The summed E-state index contributed by atoms with van der Waals surface area (Å²) >= 11 is 0. The average Bonchev–Trinajstić information content (AvgIpc) is 3.15. The summed E-state index contributed by atoms with van der Waals surface area (Å²) in [7, 11) is 2.05. The minimum atomic E-state index is -0.00945. The number of nitrogens with one attached hydrogen (secondary N) is 3. The Hall–Kier alpha value is -2.71. The molecule has 1 aliphatic rings. The molecule has 2 heterocycles. The van der Waals surface area contributed by atoms with Gasteiger partial charge in [-0.05, 0) is 34.9 Å². The summed E-state index contributed by atoms with van der Waals surface area (Å²) in [5.74, 6) is -0.00945. The summed E-state index contributed by atoms with van der Waals surface area (Å²) in [4.78, 5) is 15.1. The third kappa shape index (κ3) is 5.55. The highest BCUT2D eigenvalue weighted by atomic mass is 16.1. The van der Waals surface area contributed by atoms with Crippen LogP contribution in [0.15, 0.2) is 48.7 Å². The Bertz CT molecular complexity index is 1040. The number of carbonyl (C=O) groups is 1. The number of piperazine rings is 1. The molecule has 1 amide bonds. The number of hydrogen-bond donors (Lipinski definition) is 4. The van der Waals surface area contributed by atoms with E-state index in [0.717, 1.165) is 62.3 Å². The second-order valence-electron chi connectivity index (χ2n) is 8.47. The predicted molar refractivity (Wildman–Crippen MR) is 129 cm³/mol. The largest absolute Gasteiger partial charge is 0.351 e. The molecule has 0 unspecified atom stereocenters. The van der Waals surface area contributed by atoms with Crippen LogP contribution in [-0.4, -0.2) is 54.6 Å². The van der Waals surface area contributed by atoms with Crippen LogP contribution in [0.3, 0.4) is 0 Å². The molecule has 0 spiro atoms. The molecule has 0 saturated carbocycles. The van der Waals surface area contributed by atoms with Crippen LogP contribution in [0, 0.1) is 0 Å². The van der Waals surface area contributed by atoms with Gasteiger partial charge in [0.2, 0.25) is 0 Å². The quantitative estimate of drug-likeness (QED) is 0.411. The van der Waals surface area contributed by atoms with Crippen LogP contribution in [-0.2, 0) is 26.7 Å². The molecule has 32 heavy (non-hydrogen) atoms. The van der Waals surface area contributed by atoms with E-state index in [1.807, 2.05) is 25.2 Å². The van der Waals surface area contributed by atoms with Crippen LogP contribution < -0.4 is 21.7 Å². The van der Waals surface area contributed by atoms with Crippen LogP contribution in [0.2, 0.25) is 0 Å². The van der Waals surface area contributed by atoms with Crippen LogP contribution in [0.4, 0.5) is 0 Å². The zero-order valence-electron chi connectivity index (χ0n) is 18.9. The van der Waals surface area contributed by atoms with E-state index < -0.39 is 0 Å². The van der Waals surface area contributed by atoms with Gasteiger partial charge in [-0.25, -0.2) is 0 Å². The second-order valence-corrected chi connectivity index (χ2v) is 8.47.